The molecular weight excluding hydrogens is 309 g/mol. The maximum atomic E-state index is 10.6. The molecule has 0 atom stereocenters. The number of nitrogens with zero attached hydrogens (tertiary/aromatic N) is 3. The van der Waals surface area contributed by atoms with Crippen molar-refractivity contribution < 1.29 is 5.11 Å². The Bertz CT molecular complexity index is 619. The number of alkyl halides is 1. The molecular formula is C15H17Cl2N3O. The second-order valence-electron chi connectivity index (χ2n) is 5.46. The van der Waals surface area contributed by atoms with E-state index in [0.29, 0.717) is 23.0 Å². The fourth-order valence-electron chi connectivity index (χ4n) is 1.87. The number of aliphatic hydroxyl groups is 1. The van der Waals surface area contributed by atoms with Crippen LogP contribution in [-0.4, -0.2) is 25.8 Å². The van der Waals surface area contributed by atoms with Crippen molar-refractivity contribution in [1.82, 2.24) is 14.8 Å². The molecule has 0 saturated carbocycles. The molecule has 1 aromatic heterocycles. The van der Waals surface area contributed by atoms with Gasteiger partial charge in [0.1, 0.15) is 18.4 Å². The smallest absolute Gasteiger partial charge is 0.138 e. The molecule has 0 aliphatic rings. The Labute approximate surface area is 134 Å². The number of aliphatic hydroxyl groups excluding tert-OH is 1. The van der Waals surface area contributed by atoms with Crippen LogP contribution in [-0.2, 0) is 6.42 Å². The van der Waals surface area contributed by atoms with Crippen molar-refractivity contribution in [3.63, 3.8) is 0 Å². The van der Waals surface area contributed by atoms with Gasteiger partial charge in [-0.3, -0.25) is 0 Å². The lowest BCUT2D eigenvalue weighted by Gasteiger charge is -2.24. The lowest BCUT2D eigenvalue weighted by molar-refractivity contribution is 0.279. The summed E-state index contributed by atoms with van der Waals surface area (Å²) in [5, 5.41) is 15.4. The normalized spacial score (nSPS) is 13.1. The van der Waals surface area contributed by atoms with Crippen LogP contribution in [0, 0.1) is 5.41 Å². The monoisotopic (exact) mass is 325 g/mol. The van der Waals surface area contributed by atoms with E-state index in [2.05, 4.69) is 10.1 Å². The molecule has 2 rings (SSSR count). The lowest BCUT2D eigenvalue weighted by atomic mass is 9.90. The highest BCUT2D eigenvalue weighted by Gasteiger charge is 2.26. The number of allylic oxidation sites excluding steroid dienone is 2. The Kier molecular flexibility index (Phi) is 4.91. The van der Waals surface area contributed by atoms with E-state index in [-0.39, 0.29) is 5.76 Å². The Hall–Kier alpha value is -1.52. The summed E-state index contributed by atoms with van der Waals surface area (Å²) in [4.78, 5) is 3.94. The summed E-state index contributed by atoms with van der Waals surface area (Å²) in [5.74, 6) is 0.510. The van der Waals surface area contributed by atoms with Gasteiger partial charge in [0.2, 0.25) is 0 Å². The van der Waals surface area contributed by atoms with Gasteiger partial charge in [0.25, 0.3) is 0 Å². The molecule has 1 N–H and O–H groups in total. The summed E-state index contributed by atoms with van der Waals surface area (Å²) in [6, 6.07) is 7.47. The van der Waals surface area contributed by atoms with Crippen LogP contribution in [0.5, 0.6) is 0 Å². The zero-order chi connectivity index (χ0) is 15.5. The van der Waals surface area contributed by atoms with E-state index < -0.39 is 5.41 Å². The maximum absolute atomic E-state index is 10.6. The molecule has 0 spiro atoms. The van der Waals surface area contributed by atoms with Gasteiger partial charge in [-0.2, -0.15) is 5.10 Å². The van der Waals surface area contributed by atoms with Gasteiger partial charge in [0.05, 0.1) is 5.70 Å². The first-order valence-electron chi connectivity index (χ1n) is 6.52. The molecule has 0 unspecified atom stereocenters. The molecule has 21 heavy (non-hydrogen) atoms. The highest BCUT2D eigenvalue weighted by atomic mass is 35.5. The molecule has 0 radical (unpaired) electrons. The van der Waals surface area contributed by atoms with E-state index in [4.69, 9.17) is 23.2 Å². The van der Waals surface area contributed by atoms with Crippen molar-refractivity contribution in [2.24, 2.45) is 5.41 Å². The molecule has 0 bridgehead atoms. The van der Waals surface area contributed by atoms with E-state index in [1.165, 1.54) is 6.33 Å². The zero-order valence-corrected chi connectivity index (χ0v) is 13.4. The molecule has 112 valence electrons. The lowest BCUT2D eigenvalue weighted by Crippen LogP contribution is -2.21. The Balaban J connectivity index is 2.43. The van der Waals surface area contributed by atoms with Crippen LogP contribution in [0.1, 0.15) is 19.4 Å². The SMILES string of the molecule is CC(C)(CCl)C(O)=C(Cc1ccc(Cl)cc1)n1cncn1. The highest BCUT2D eigenvalue weighted by molar-refractivity contribution is 6.30. The van der Waals surface area contributed by atoms with Gasteiger partial charge in [-0.05, 0) is 17.7 Å². The van der Waals surface area contributed by atoms with Crippen molar-refractivity contribution in [3.05, 3.63) is 53.3 Å². The predicted octanol–water partition coefficient (Wildman–Crippen LogP) is 4.17. The number of rotatable bonds is 5. The third-order valence-electron chi connectivity index (χ3n) is 3.23. The minimum absolute atomic E-state index is 0.206. The first kappa shape index (κ1) is 15.9. The summed E-state index contributed by atoms with van der Waals surface area (Å²) in [7, 11) is 0. The number of hydrogen-bond donors (Lipinski definition) is 1. The molecule has 0 aliphatic heterocycles. The number of hydrogen-bond acceptors (Lipinski definition) is 3. The van der Waals surface area contributed by atoms with Crippen LogP contribution in [0.15, 0.2) is 42.7 Å². The second kappa shape index (κ2) is 6.50. The molecule has 1 aromatic carbocycles. The van der Waals surface area contributed by atoms with Gasteiger partial charge in [0.15, 0.2) is 0 Å². The first-order chi connectivity index (χ1) is 9.94. The number of halogens is 2. The van der Waals surface area contributed by atoms with Crippen LogP contribution in [0.3, 0.4) is 0 Å². The third kappa shape index (κ3) is 3.77. The van der Waals surface area contributed by atoms with Gasteiger partial charge in [-0.1, -0.05) is 37.6 Å². The average Bonchev–Trinajstić information content (AvgIpc) is 3.00. The fraction of sp³-hybridized carbons (Fsp3) is 0.333. The first-order valence-corrected chi connectivity index (χ1v) is 7.43. The van der Waals surface area contributed by atoms with E-state index >= 15 is 0 Å². The summed E-state index contributed by atoms with van der Waals surface area (Å²) in [6.45, 7) is 3.77. The topological polar surface area (TPSA) is 50.9 Å². The van der Waals surface area contributed by atoms with Crippen molar-refractivity contribution in [1.29, 1.82) is 0 Å². The molecule has 1 heterocycles. The minimum atomic E-state index is -0.546. The largest absolute Gasteiger partial charge is 0.510 e. The van der Waals surface area contributed by atoms with E-state index in [9.17, 15) is 5.11 Å². The standard InChI is InChI=1S/C15H17Cl2N3O/c1-15(2,8-16)14(21)13(20-10-18-9-19-20)7-11-3-5-12(17)6-4-11/h3-6,9-10,21H,7-8H2,1-2H3. The summed E-state index contributed by atoms with van der Waals surface area (Å²) in [5.41, 5.74) is 1.12. The fourth-order valence-corrected chi connectivity index (χ4v) is 2.12. The highest BCUT2D eigenvalue weighted by Crippen LogP contribution is 2.31. The molecule has 4 nitrogen and oxygen atoms in total. The molecule has 0 fully saturated rings. The predicted molar refractivity (Wildman–Crippen MR) is 85.5 cm³/mol. The van der Waals surface area contributed by atoms with Crippen molar-refractivity contribution >= 4 is 28.9 Å². The van der Waals surface area contributed by atoms with E-state index in [0.717, 1.165) is 5.56 Å². The van der Waals surface area contributed by atoms with Crippen LogP contribution in [0.2, 0.25) is 5.02 Å². The summed E-state index contributed by atoms with van der Waals surface area (Å²) < 4.78 is 1.57. The second-order valence-corrected chi connectivity index (χ2v) is 6.16. The number of aromatic nitrogens is 3. The minimum Gasteiger partial charge on any atom is -0.510 e. The quantitative estimate of drug-likeness (QED) is 0.663. The van der Waals surface area contributed by atoms with E-state index in [1.807, 2.05) is 38.1 Å². The third-order valence-corrected chi connectivity index (χ3v) is 4.15. The molecule has 2 aromatic rings. The van der Waals surface area contributed by atoms with Crippen LogP contribution in [0.25, 0.3) is 5.70 Å². The number of benzene rings is 1. The maximum Gasteiger partial charge on any atom is 0.138 e. The van der Waals surface area contributed by atoms with E-state index in [1.54, 1.807) is 11.0 Å². The van der Waals surface area contributed by atoms with Gasteiger partial charge in [-0.15, -0.1) is 11.6 Å². The molecule has 0 amide bonds. The summed E-state index contributed by atoms with van der Waals surface area (Å²) >= 11 is 11.9. The van der Waals surface area contributed by atoms with Gasteiger partial charge in [0, 0.05) is 22.7 Å². The Morgan fingerprint density at radius 2 is 1.95 bits per heavy atom. The van der Waals surface area contributed by atoms with Gasteiger partial charge < -0.3 is 5.11 Å². The van der Waals surface area contributed by atoms with Gasteiger partial charge in [-0.25, -0.2) is 9.67 Å². The van der Waals surface area contributed by atoms with Crippen molar-refractivity contribution in [2.75, 3.05) is 5.88 Å². The van der Waals surface area contributed by atoms with Crippen LogP contribution < -0.4 is 0 Å². The van der Waals surface area contributed by atoms with Crippen molar-refractivity contribution in [3.8, 4) is 0 Å². The van der Waals surface area contributed by atoms with Crippen molar-refractivity contribution in [2.45, 2.75) is 20.3 Å². The van der Waals surface area contributed by atoms with Gasteiger partial charge >= 0.3 is 0 Å². The summed E-state index contributed by atoms with van der Waals surface area (Å²) in [6.07, 6.45) is 3.50. The Morgan fingerprint density at radius 3 is 2.48 bits per heavy atom. The average molecular weight is 326 g/mol. The van der Waals surface area contributed by atoms with Crippen LogP contribution >= 0.6 is 23.2 Å². The molecule has 0 aliphatic carbocycles. The zero-order valence-electron chi connectivity index (χ0n) is 11.9. The molecule has 6 heteroatoms. The molecule has 0 saturated heterocycles. The van der Waals surface area contributed by atoms with Crippen LogP contribution in [0.4, 0.5) is 0 Å². The Morgan fingerprint density at radius 1 is 1.29 bits per heavy atom.